The molecule has 2 aromatic heterocycles. The van der Waals surface area contributed by atoms with Crippen molar-refractivity contribution in [3.05, 3.63) is 29.4 Å². The number of hydrogen-bond acceptors (Lipinski definition) is 4. The van der Waals surface area contributed by atoms with Crippen molar-refractivity contribution in [2.75, 3.05) is 5.32 Å². The van der Waals surface area contributed by atoms with Gasteiger partial charge in [0.15, 0.2) is 0 Å². The van der Waals surface area contributed by atoms with E-state index in [2.05, 4.69) is 33.1 Å². The highest BCUT2D eigenvalue weighted by Gasteiger charge is 2.21. The maximum Gasteiger partial charge on any atom is 0.203 e. The summed E-state index contributed by atoms with van der Waals surface area (Å²) in [5, 5.41) is 7.56. The summed E-state index contributed by atoms with van der Waals surface area (Å²) in [7, 11) is 0. The van der Waals surface area contributed by atoms with Crippen LogP contribution in [0.3, 0.4) is 0 Å². The highest BCUT2D eigenvalue weighted by atomic mass is 16.5. The van der Waals surface area contributed by atoms with Gasteiger partial charge in [-0.05, 0) is 33.6 Å². The first-order valence-electron chi connectivity index (χ1n) is 7.89. The molecular weight excluding hydrogens is 264 g/mol. The van der Waals surface area contributed by atoms with E-state index in [9.17, 15) is 0 Å². The molecule has 2 aromatic rings. The third-order valence-electron chi connectivity index (χ3n) is 4.50. The third kappa shape index (κ3) is 2.82. The molecule has 5 nitrogen and oxygen atoms in total. The van der Waals surface area contributed by atoms with Crippen molar-refractivity contribution < 1.29 is 4.52 Å². The van der Waals surface area contributed by atoms with E-state index in [1.54, 1.807) is 0 Å². The van der Waals surface area contributed by atoms with Crippen LogP contribution in [0.15, 0.2) is 16.9 Å². The molecule has 1 fully saturated rings. The van der Waals surface area contributed by atoms with Crippen LogP contribution in [0.25, 0.3) is 0 Å². The van der Waals surface area contributed by atoms with Gasteiger partial charge in [0.2, 0.25) is 5.95 Å². The van der Waals surface area contributed by atoms with E-state index in [0.29, 0.717) is 6.04 Å². The summed E-state index contributed by atoms with van der Waals surface area (Å²) >= 11 is 0. The minimum atomic E-state index is 0.140. The lowest BCUT2D eigenvalue weighted by Crippen LogP contribution is -2.17. The molecule has 5 heteroatoms. The lowest BCUT2D eigenvalue weighted by Gasteiger charge is -2.26. The zero-order chi connectivity index (χ0) is 14.8. The van der Waals surface area contributed by atoms with Crippen molar-refractivity contribution in [2.24, 2.45) is 0 Å². The number of anilines is 1. The normalized spacial score (nSPS) is 17.9. The molecule has 0 bridgehead atoms. The van der Waals surface area contributed by atoms with Gasteiger partial charge in [-0.3, -0.25) is 0 Å². The minimum Gasteiger partial charge on any atom is -0.361 e. The molecule has 114 valence electrons. The van der Waals surface area contributed by atoms with Gasteiger partial charge in [0.05, 0.1) is 11.7 Å². The van der Waals surface area contributed by atoms with Crippen LogP contribution in [0.5, 0.6) is 0 Å². The Balaban J connectivity index is 1.77. The van der Waals surface area contributed by atoms with E-state index in [4.69, 9.17) is 4.52 Å². The maximum absolute atomic E-state index is 5.26. The average Bonchev–Trinajstić information content (AvgIpc) is 3.07. The van der Waals surface area contributed by atoms with Gasteiger partial charge in [-0.15, -0.1) is 0 Å². The van der Waals surface area contributed by atoms with Crippen molar-refractivity contribution in [2.45, 2.75) is 65.0 Å². The van der Waals surface area contributed by atoms with Gasteiger partial charge >= 0.3 is 0 Å². The topological polar surface area (TPSA) is 55.9 Å². The molecule has 0 saturated heterocycles. The number of nitrogens with zero attached hydrogens (tertiary/aromatic N) is 3. The van der Waals surface area contributed by atoms with E-state index in [0.717, 1.165) is 23.0 Å². The Morgan fingerprint density at radius 1 is 1.29 bits per heavy atom. The first-order valence-corrected chi connectivity index (χ1v) is 7.89. The molecule has 21 heavy (non-hydrogen) atoms. The molecule has 1 aliphatic carbocycles. The van der Waals surface area contributed by atoms with Crippen molar-refractivity contribution in [3.8, 4) is 0 Å². The number of hydrogen-bond donors (Lipinski definition) is 1. The van der Waals surface area contributed by atoms with Gasteiger partial charge in [0.25, 0.3) is 0 Å². The number of aryl methyl sites for hydroxylation is 2. The predicted octanol–water partition coefficient (Wildman–Crippen LogP) is 4.17. The highest BCUT2D eigenvalue weighted by molar-refractivity contribution is 5.35. The van der Waals surface area contributed by atoms with Crippen LogP contribution in [0.2, 0.25) is 0 Å². The first kappa shape index (κ1) is 14.2. The summed E-state index contributed by atoms with van der Waals surface area (Å²) in [6, 6.07) is 0.724. The maximum atomic E-state index is 5.26. The van der Waals surface area contributed by atoms with E-state index in [1.807, 2.05) is 20.0 Å². The molecule has 0 amide bonds. The summed E-state index contributed by atoms with van der Waals surface area (Å²) in [5.74, 6) is 1.83. The summed E-state index contributed by atoms with van der Waals surface area (Å²) in [5.41, 5.74) is 2.08. The molecule has 0 spiro atoms. The zero-order valence-corrected chi connectivity index (χ0v) is 13.1. The summed E-state index contributed by atoms with van der Waals surface area (Å²) in [4.78, 5) is 4.50. The number of nitrogens with one attached hydrogen (secondary N) is 1. The van der Waals surface area contributed by atoms with Crippen molar-refractivity contribution in [1.82, 2.24) is 14.7 Å². The second kappa shape index (κ2) is 5.92. The molecule has 1 atom stereocenters. The van der Waals surface area contributed by atoms with Gasteiger partial charge in [0, 0.05) is 24.0 Å². The Morgan fingerprint density at radius 2 is 2.05 bits per heavy atom. The van der Waals surface area contributed by atoms with E-state index in [1.165, 1.54) is 32.1 Å². The Kier molecular flexibility index (Phi) is 3.99. The quantitative estimate of drug-likeness (QED) is 0.917. The number of aromatic nitrogens is 3. The summed E-state index contributed by atoms with van der Waals surface area (Å²) in [6.45, 7) is 6.07. The van der Waals surface area contributed by atoms with Crippen LogP contribution < -0.4 is 5.32 Å². The molecule has 1 aliphatic rings. The van der Waals surface area contributed by atoms with Crippen molar-refractivity contribution >= 4 is 5.95 Å². The van der Waals surface area contributed by atoms with Gasteiger partial charge in [-0.2, -0.15) is 0 Å². The molecule has 3 rings (SSSR count). The highest BCUT2D eigenvalue weighted by Crippen LogP contribution is 2.31. The van der Waals surface area contributed by atoms with E-state index >= 15 is 0 Å². The summed E-state index contributed by atoms with van der Waals surface area (Å²) in [6.07, 6.45) is 10.5. The fourth-order valence-electron chi connectivity index (χ4n) is 3.45. The predicted molar refractivity (Wildman–Crippen MR) is 82.4 cm³/mol. The average molecular weight is 288 g/mol. The van der Waals surface area contributed by atoms with Gasteiger partial charge < -0.3 is 14.4 Å². The Morgan fingerprint density at radius 3 is 2.71 bits per heavy atom. The minimum absolute atomic E-state index is 0.140. The monoisotopic (exact) mass is 288 g/mol. The lowest BCUT2D eigenvalue weighted by molar-refractivity contribution is 0.355. The Hall–Kier alpha value is -1.78. The number of imidazole rings is 1. The van der Waals surface area contributed by atoms with E-state index < -0.39 is 0 Å². The van der Waals surface area contributed by atoms with Crippen LogP contribution in [0.4, 0.5) is 5.95 Å². The second-order valence-corrected chi connectivity index (χ2v) is 6.05. The van der Waals surface area contributed by atoms with Gasteiger partial charge in [-0.25, -0.2) is 4.98 Å². The van der Waals surface area contributed by atoms with Gasteiger partial charge in [0.1, 0.15) is 5.76 Å². The molecule has 0 aliphatic heterocycles. The molecule has 0 radical (unpaired) electrons. The second-order valence-electron chi connectivity index (χ2n) is 6.05. The largest absolute Gasteiger partial charge is 0.361 e. The molecule has 1 unspecified atom stereocenters. The summed E-state index contributed by atoms with van der Waals surface area (Å²) < 4.78 is 7.56. The zero-order valence-electron chi connectivity index (χ0n) is 13.1. The van der Waals surface area contributed by atoms with Crippen LogP contribution >= 0.6 is 0 Å². The molecular formula is C16H24N4O. The Bertz CT molecular complexity index is 576. The lowest BCUT2D eigenvalue weighted by atomic mass is 9.95. The first-order chi connectivity index (χ1) is 10.2. The van der Waals surface area contributed by atoms with Crippen LogP contribution in [0, 0.1) is 13.8 Å². The van der Waals surface area contributed by atoms with Crippen LogP contribution in [-0.4, -0.2) is 14.7 Å². The molecule has 1 saturated carbocycles. The fraction of sp³-hybridized carbons (Fsp3) is 0.625. The van der Waals surface area contributed by atoms with Crippen LogP contribution in [-0.2, 0) is 0 Å². The van der Waals surface area contributed by atoms with Crippen molar-refractivity contribution in [1.29, 1.82) is 0 Å². The van der Waals surface area contributed by atoms with Crippen molar-refractivity contribution in [3.63, 3.8) is 0 Å². The third-order valence-corrected chi connectivity index (χ3v) is 4.50. The Labute approximate surface area is 125 Å². The molecule has 1 N–H and O–H groups in total. The fourth-order valence-corrected chi connectivity index (χ4v) is 3.45. The van der Waals surface area contributed by atoms with Crippen LogP contribution in [0.1, 0.15) is 68.1 Å². The smallest absolute Gasteiger partial charge is 0.203 e. The molecule has 0 aromatic carbocycles. The number of rotatable bonds is 4. The molecule has 2 heterocycles. The van der Waals surface area contributed by atoms with E-state index in [-0.39, 0.29) is 6.04 Å². The SMILES string of the molecule is Cc1noc(C)c1C(C)Nc1nccn1C1CCCCC1. The van der Waals surface area contributed by atoms with Gasteiger partial charge in [-0.1, -0.05) is 24.4 Å². The standard InChI is InChI=1S/C16H24N4O/c1-11(15-12(2)19-21-13(15)3)18-16-17-9-10-20(16)14-7-5-4-6-8-14/h9-11,14H,4-8H2,1-3H3,(H,17,18).